The number of benzene rings is 1. The van der Waals surface area contributed by atoms with Crippen LogP contribution in [0.1, 0.15) is 16.8 Å². The summed E-state index contributed by atoms with van der Waals surface area (Å²) in [5, 5.41) is 0. The van der Waals surface area contributed by atoms with E-state index in [9.17, 15) is 27.2 Å². The molecule has 0 aliphatic carbocycles. The highest BCUT2D eigenvalue weighted by Crippen LogP contribution is 2.24. The summed E-state index contributed by atoms with van der Waals surface area (Å²) in [5.74, 6) is -4.22. The summed E-state index contributed by atoms with van der Waals surface area (Å²) in [6, 6.07) is 2.81. The van der Waals surface area contributed by atoms with E-state index in [2.05, 4.69) is 0 Å². The second-order valence-corrected chi connectivity index (χ2v) is 3.37. The molecule has 0 bridgehead atoms. The highest BCUT2D eigenvalue weighted by atomic mass is 19.4. The topological polar surface area (TPSA) is 43.4 Å². The van der Waals surface area contributed by atoms with Crippen LogP contribution >= 0.6 is 0 Å². The first-order chi connectivity index (χ1) is 8.25. The van der Waals surface area contributed by atoms with Crippen LogP contribution in [0.15, 0.2) is 18.2 Å². The fraction of sp³-hybridized carbons (Fsp3) is 0.273. The van der Waals surface area contributed by atoms with Crippen LogP contribution in [0.5, 0.6) is 5.75 Å². The molecule has 0 N–H and O–H groups in total. The lowest BCUT2D eigenvalue weighted by Crippen LogP contribution is -2.25. The number of carbonyl (C=O) groups is 2. The van der Waals surface area contributed by atoms with Crippen molar-refractivity contribution < 1.29 is 31.9 Å². The Labute approximate surface area is 99.4 Å². The number of hydrogen-bond acceptors (Lipinski definition) is 3. The smallest absolute Gasteiger partial charge is 0.450 e. The lowest BCUT2D eigenvalue weighted by molar-refractivity contribution is -0.170. The Bertz CT molecular complexity index is 480. The molecule has 0 radical (unpaired) electrons. The van der Waals surface area contributed by atoms with Gasteiger partial charge in [0.05, 0.1) is 19.1 Å². The van der Waals surface area contributed by atoms with E-state index in [1.165, 1.54) is 7.11 Å². The first-order valence-corrected chi connectivity index (χ1v) is 4.72. The van der Waals surface area contributed by atoms with Crippen LogP contribution in [0.25, 0.3) is 0 Å². The van der Waals surface area contributed by atoms with E-state index in [4.69, 9.17) is 4.74 Å². The maximum atomic E-state index is 12.9. The van der Waals surface area contributed by atoms with Crippen molar-refractivity contribution in [2.75, 3.05) is 7.11 Å². The van der Waals surface area contributed by atoms with E-state index < -0.39 is 35.5 Å². The maximum Gasteiger partial charge on any atom is 0.450 e. The minimum absolute atomic E-state index is 0.0867. The van der Waals surface area contributed by atoms with Crippen LogP contribution in [-0.4, -0.2) is 24.9 Å². The zero-order valence-corrected chi connectivity index (χ0v) is 9.18. The van der Waals surface area contributed by atoms with Crippen LogP contribution in [-0.2, 0) is 4.79 Å². The van der Waals surface area contributed by atoms with Gasteiger partial charge in [-0.15, -0.1) is 0 Å². The lowest BCUT2D eigenvalue weighted by atomic mass is 10.0. The van der Waals surface area contributed by atoms with Crippen LogP contribution in [0, 0.1) is 5.82 Å². The number of methoxy groups -OCH3 is 1. The minimum Gasteiger partial charge on any atom is -0.496 e. The largest absolute Gasteiger partial charge is 0.496 e. The highest BCUT2D eigenvalue weighted by Gasteiger charge is 2.39. The van der Waals surface area contributed by atoms with E-state index in [1.807, 2.05) is 0 Å². The summed E-state index contributed by atoms with van der Waals surface area (Å²) in [4.78, 5) is 22.1. The molecule has 0 aliphatic heterocycles. The first-order valence-electron chi connectivity index (χ1n) is 4.72. The molecule has 98 valence electrons. The number of halogens is 4. The van der Waals surface area contributed by atoms with Crippen molar-refractivity contribution in [3.8, 4) is 5.75 Å². The van der Waals surface area contributed by atoms with Crippen molar-refractivity contribution in [1.29, 1.82) is 0 Å². The standard InChI is InChI=1S/C11H8F4O3/c1-18-9-3-2-6(12)4-7(9)8(16)5-10(17)11(13,14)15/h2-4H,5H2,1H3. The fourth-order valence-corrected chi connectivity index (χ4v) is 1.24. The van der Waals surface area contributed by atoms with Crippen molar-refractivity contribution in [3.63, 3.8) is 0 Å². The van der Waals surface area contributed by atoms with Gasteiger partial charge in [0.1, 0.15) is 11.6 Å². The third-order valence-electron chi connectivity index (χ3n) is 2.10. The van der Waals surface area contributed by atoms with Crippen LogP contribution in [0.3, 0.4) is 0 Å². The Morgan fingerprint density at radius 3 is 2.39 bits per heavy atom. The molecule has 0 heterocycles. The summed E-state index contributed by atoms with van der Waals surface area (Å²) in [7, 11) is 1.18. The molecule has 1 rings (SSSR count). The summed E-state index contributed by atoms with van der Waals surface area (Å²) in [5.41, 5.74) is -0.393. The van der Waals surface area contributed by atoms with Gasteiger partial charge in [-0.3, -0.25) is 9.59 Å². The molecule has 0 fully saturated rings. The number of ether oxygens (including phenoxy) is 1. The van der Waals surface area contributed by atoms with Crippen LogP contribution in [0.4, 0.5) is 17.6 Å². The zero-order chi connectivity index (χ0) is 13.9. The molecule has 1 aromatic rings. The molecule has 18 heavy (non-hydrogen) atoms. The quantitative estimate of drug-likeness (QED) is 0.477. The van der Waals surface area contributed by atoms with Crippen molar-refractivity contribution in [1.82, 2.24) is 0 Å². The van der Waals surface area contributed by atoms with Gasteiger partial charge in [-0.1, -0.05) is 0 Å². The summed E-state index contributed by atoms with van der Waals surface area (Å²) < 4.78 is 53.5. The van der Waals surface area contributed by atoms with Gasteiger partial charge < -0.3 is 4.74 Å². The number of hydrogen-bond donors (Lipinski definition) is 0. The highest BCUT2D eigenvalue weighted by molar-refractivity contribution is 6.10. The summed E-state index contributed by atoms with van der Waals surface area (Å²) in [6.45, 7) is 0. The minimum atomic E-state index is -5.09. The third kappa shape index (κ3) is 3.28. The van der Waals surface area contributed by atoms with Crippen molar-refractivity contribution in [3.05, 3.63) is 29.6 Å². The second kappa shape index (κ2) is 5.16. The van der Waals surface area contributed by atoms with Crippen molar-refractivity contribution >= 4 is 11.6 Å². The average Bonchev–Trinajstić information content (AvgIpc) is 2.27. The van der Waals surface area contributed by atoms with E-state index in [1.54, 1.807) is 0 Å². The molecule has 0 unspecified atom stereocenters. The molecule has 1 aromatic carbocycles. The first kappa shape index (κ1) is 14.1. The van der Waals surface area contributed by atoms with Gasteiger partial charge in [0.2, 0.25) is 5.78 Å². The third-order valence-corrected chi connectivity index (χ3v) is 2.10. The Morgan fingerprint density at radius 2 is 1.89 bits per heavy atom. The number of carbonyl (C=O) groups excluding carboxylic acids is 2. The second-order valence-electron chi connectivity index (χ2n) is 3.37. The normalized spacial score (nSPS) is 11.2. The molecule has 3 nitrogen and oxygen atoms in total. The molecular weight excluding hydrogens is 256 g/mol. The Morgan fingerprint density at radius 1 is 1.28 bits per heavy atom. The Hall–Kier alpha value is -1.92. The molecule has 0 amide bonds. The Kier molecular flexibility index (Phi) is 4.05. The van der Waals surface area contributed by atoms with Gasteiger partial charge in [-0.2, -0.15) is 13.2 Å². The molecule has 7 heteroatoms. The van der Waals surface area contributed by atoms with E-state index in [0.29, 0.717) is 0 Å². The molecule has 0 saturated heterocycles. The van der Waals surface area contributed by atoms with Crippen molar-refractivity contribution in [2.24, 2.45) is 0 Å². The SMILES string of the molecule is COc1ccc(F)cc1C(=O)CC(=O)C(F)(F)F. The molecule has 0 aromatic heterocycles. The summed E-state index contributed by atoms with van der Waals surface area (Å²) in [6.07, 6.45) is -6.46. The molecule has 0 aliphatic rings. The molecular formula is C11H8F4O3. The zero-order valence-electron chi connectivity index (χ0n) is 9.18. The summed E-state index contributed by atoms with van der Waals surface area (Å²) >= 11 is 0. The number of Topliss-reactive ketones (excluding diaryl/α,β-unsaturated/α-hetero) is 2. The van der Waals surface area contributed by atoms with E-state index >= 15 is 0 Å². The molecule has 0 spiro atoms. The van der Waals surface area contributed by atoms with Crippen LogP contribution in [0.2, 0.25) is 0 Å². The van der Waals surface area contributed by atoms with Crippen LogP contribution < -0.4 is 4.74 Å². The van der Waals surface area contributed by atoms with Gasteiger partial charge in [-0.05, 0) is 18.2 Å². The van der Waals surface area contributed by atoms with Gasteiger partial charge >= 0.3 is 6.18 Å². The van der Waals surface area contributed by atoms with Gasteiger partial charge in [0.15, 0.2) is 5.78 Å². The monoisotopic (exact) mass is 264 g/mol. The predicted octanol–water partition coefficient (Wildman–Crippen LogP) is 2.54. The van der Waals surface area contributed by atoms with Crippen molar-refractivity contribution in [2.45, 2.75) is 12.6 Å². The Balaban J connectivity index is 2.98. The molecule has 0 atom stereocenters. The lowest BCUT2D eigenvalue weighted by Gasteiger charge is -2.08. The van der Waals surface area contributed by atoms with Gasteiger partial charge in [0.25, 0.3) is 0 Å². The van der Waals surface area contributed by atoms with E-state index in [0.717, 1.165) is 18.2 Å². The fourth-order valence-electron chi connectivity index (χ4n) is 1.24. The van der Waals surface area contributed by atoms with Gasteiger partial charge in [0, 0.05) is 0 Å². The number of rotatable bonds is 4. The number of alkyl halides is 3. The predicted molar refractivity (Wildman–Crippen MR) is 53.0 cm³/mol. The maximum absolute atomic E-state index is 12.9. The number of ketones is 2. The van der Waals surface area contributed by atoms with Gasteiger partial charge in [-0.25, -0.2) is 4.39 Å². The van der Waals surface area contributed by atoms with E-state index in [-0.39, 0.29) is 5.75 Å². The molecule has 0 saturated carbocycles. The average molecular weight is 264 g/mol.